The Labute approximate surface area is 165 Å². The van der Waals surface area contributed by atoms with Crippen LogP contribution in [-0.2, 0) is 20.8 Å². The zero-order valence-electron chi connectivity index (χ0n) is 17.0. The van der Waals surface area contributed by atoms with Crippen LogP contribution < -0.4 is 10.1 Å². The van der Waals surface area contributed by atoms with E-state index in [1.165, 1.54) is 14.2 Å². The maximum absolute atomic E-state index is 11.9. The number of benzene rings is 1. The summed E-state index contributed by atoms with van der Waals surface area (Å²) >= 11 is 0. The molecule has 0 aliphatic carbocycles. The van der Waals surface area contributed by atoms with Crippen LogP contribution in [0.5, 0.6) is 5.75 Å². The molecule has 2 rings (SSSR count). The van der Waals surface area contributed by atoms with Crippen LogP contribution in [0, 0.1) is 5.92 Å². The van der Waals surface area contributed by atoms with Gasteiger partial charge in [0.05, 0.1) is 26.7 Å². The third kappa shape index (κ3) is 5.37. The number of ether oxygens (including phenoxy) is 3. The summed E-state index contributed by atoms with van der Waals surface area (Å²) < 4.78 is 15.2. The summed E-state index contributed by atoms with van der Waals surface area (Å²) in [5.41, 5.74) is 1.29. The van der Waals surface area contributed by atoms with E-state index in [0.29, 0.717) is 24.5 Å². The molecule has 1 aromatic carbocycles. The quantitative estimate of drug-likeness (QED) is 0.449. The van der Waals surface area contributed by atoms with Crippen LogP contribution in [0.15, 0.2) is 23.2 Å². The van der Waals surface area contributed by atoms with Crippen molar-refractivity contribution in [3.8, 4) is 5.75 Å². The number of hydrogen-bond acceptors (Lipinski definition) is 6. The Hall–Kier alpha value is -2.77. The third-order valence-electron chi connectivity index (χ3n) is 4.75. The summed E-state index contributed by atoms with van der Waals surface area (Å²) in [5, 5.41) is 3.31. The fourth-order valence-electron chi connectivity index (χ4n) is 3.24. The van der Waals surface area contributed by atoms with Crippen molar-refractivity contribution in [3.05, 3.63) is 29.3 Å². The molecule has 28 heavy (non-hydrogen) atoms. The van der Waals surface area contributed by atoms with Crippen LogP contribution >= 0.6 is 0 Å². The molecule has 1 aromatic rings. The zero-order chi connectivity index (χ0) is 20.5. The minimum Gasteiger partial charge on any atom is -0.496 e. The molecule has 1 N–H and O–H groups in total. The largest absolute Gasteiger partial charge is 0.496 e. The molecule has 0 radical (unpaired) electrons. The first-order valence-corrected chi connectivity index (χ1v) is 9.41. The maximum atomic E-state index is 11.9. The fourth-order valence-corrected chi connectivity index (χ4v) is 3.24. The Morgan fingerprint density at radius 2 is 1.96 bits per heavy atom. The van der Waals surface area contributed by atoms with Gasteiger partial charge in [0.25, 0.3) is 0 Å². The maximum Gasteiger partial charge on any atom is 0.341 e. The van der Waals surface area contributed by atoms with E-state index in [1.807, 2.05) is 13.0 Å². The molecular weight excluding hydrogens is 362 g/mol. The summed E-state index contributed by atoms with van der Waals surface area (Å²) in [5.74, 6) is 0.639. The lowest BCUT2D eigenvalue weighted by atomic mass is 9.97. The van der Waals surface area contributed by atoms with Crippen LogP contribution in [0.1, 0.15) is 35.7 Å². The lowest BCUT2D eigenvalue weighted by Crippen LogP contribution is -2.46. The highest BCUT2D eigenvalue weighted by atomic mass is 16.5. The second-order valence-corrected chi connectivity index (χ2v) is 6.44. The van der Waals surface area contributed by atoms with Crippen molar-refractivity contribution in [2.24, 2.45) is 10.9 Å². The topological polar surface area (TPSA) is 89.5 Å². The number of nitrogens with one attached hydrogen (secondary N) is 1. The van der Waals surface area contributed by atoms with Crippen LogP contribution in [0.2, 0.25) is 0 Å². The number of methoxy groups -OCH3 is 2. The highest BCUT2D eigenvalue weighted by Crippen LogP contribution is 2.21. The number of rotatable bonds is 6. The van der Waals surface area contributed by atoms with Crippen LogP contribution in [-0.4, -0.2) is 63.8 Å². The van der Waals surface area contributed by atoms with Gasteiger partial charge in [0, 0.05) is 26.7 Å². The molecule has 0 atom stereocenters. The van der Waals surface area contributed by atoms with E-state index >= 15 is 0 Å². The summed E-state index contributed by atoms with van der Waals surface area (Å²) in [4.78, 5) is 30.3. The van der Waals surface area contributed by atoms with Crippen molar-refractivity contribution in [2.75, 3.05) is 41.0 Å². The fraction of sp³-hybridized carbons (Fsp3) is 0.550. The Morgan fingerprint density at radius 3 is 2.54 bits per heavy atom. The molecule has 1 aliphatic rings. The average Bonchev–Trinajstić information content (AvgIpc) is 2.74. The molecule has 0 unspecified atom stereocenters. The van der Waals surface area contributed by atoms with Crippen molar-refractivity contribution >= 4 is 17.9 Å². The van der Waals surface area contributed by atoms with Gasteiger partial charge >= 0.3 is 11.9 Å². The van der Waals surface area contributed by atoms with Crippen LogP contribution in [0.4, 0.5) is 0 Å². The van der Waals surface area contributed by atoms with E-state index in [1.54, 1.807) is 19.2 Å². The normalized spacial score (nSPS) is 15.1. The number of aliphatic imine (C=N–C) groups is 1. The Balaban J connectivity index is 1.96. The minimum absolute atomic E-state index is 0.0430. The molecule has 1 saturated heterocycles. The van der Waals surface area contributed by atoms with Crippen molar-refractivity contribution in [3.63, 3.8) is 0 Å². The molecule has 0 spiro atoms. The third-order valence-corrected chi connectivity index (χ3v) is 4.75. The molecule has 1 heterocycles. The van der Waals surface area contributed by atoms with Gasteiger partial charge in [-0.1, -0.05) is 6.07 Å². The average molecular weight is 391 g/mol. The highest BCUT2D eigenvalue weighted by molar-refractivity contribution is 5.92. The van der Waals surface area contributed by atoms with E-state index < -0.39 is 5.97 Å². The van der Waals surface area contributed by atoms with Gasteiger partial charge in [-0.05, 0) is 37.5 Å². The number of likely N-dealkylation sites (tertiary alicyclic amines) is 1. The molecule has 1 fully saturated rings. The smallest absolute Gasteiger partial charge is 0.341 e. The van der Waals surface area contributed by atoms with Crippen molar-refractivity contribution in [1.29, 1.82) is 0 Å². The summed E-state index contributed by atoms with van der Waals surface area (Å²) in [6.45, 7) is 4.21. The molecule has 8 heteroatoms. The molecule has 0 bridgehead atoms. The molecule has 154 valence electrons. The minimum atomic E-state index is -0.441. The standard InChI is InChI=1S/C20H29N3O5/c1-5-28-18(24)15-8-10-23(11-9-15)20(21-2)22-13-14-6-7-17(26-3)16(12-14)19(25)27-4/h6-7,12,15H,5,8-11,13H2,1-4H3,(H,21,22). The number of nitrogens with zero attached hydrogens (tertiary/aromatic N) is 2. The van der Waals surface area contributed by atoms with Gasteiger partial charge in [0.1, 0.15) is 11.3 Å². The van der Waals surface area contributed by atoms with Gasteiger partial charge in [-0.25, -0.2) is 4.79 Å². The number of guanidine groups is 1. The van der Waals surface area contributed by atoms with Crippen LogP contribution in [0.25, 0.3) is 0 Å². The van der Waals surface area contributed by atoms with Crippen LogP contribution in [0.3, 0.4) is 0 Å². The molecule has 8 nitrogen and oxygen atoms in total. The van der Waals surface area contributed by atoms with Gasteiger partial charge in [-0.3, -0.25) is 9.79 Å². The monoisotopic (exact) mass is 391 g/mol. The van der Waals surface area contributed by atoms with E-state index in [4.69, 9.17) is 14.2 Å². The number of piperidine rings is 1. The van der Waals surface area contributed by atoms with Gasteiger partial charge < -0.3 is 24.4 Å². The Bertz CT molecular complexity index is 712. The summed E-state index contributed by atoms with van der Waals surface area (Å²) in [7, 11) is 4.59. The van der Waals surface area contributed by atoms with E-state index in [0.717, 1.165) is 37.5 Å². The lowest BCUT2D eigenvalue weighted by Gasteiger charge is -2.33. The number of hydrogen-bond donors (Lipinski definition) is 1. The molecule has 0 saturated carbocycles. The van der Waals surface area contributed by atoms with E-state index in [9.17, 15) is 9.59 Å². The van der Waals surface area contributed by atoms with Crippen molar-refractivity contribution in [1.82, 2.24) is 10.2 Å². The number of esters is 2. The Kier molecular flexibility index (Phi) is 8.10. The number of carbonyl (C=O) groups is 2. The summed E-state index contributed by atoms with van der Waals surface area (Å²) in [6, 6.07) is 5.38. The first kappa shape index (κ1) is 21.5. The van der Waals surface area contributed by atoms with Crippen molar-refractivity contribution < 1.29 is 23.8 Å². The van der Waals surface area contributed by atoms with Gasteiger partial charge in [-0.15, -0.1) is 0 Å². The molecule has 0 aromatic heterocycles. The molecule has 1 aliphatic heterocycles. The summed E-state index contributed by atoms with van der Waals surface area (Å²) in [6.07, 6.45) is 1.49. The molecular formula is C20H29N3O5. The lowest BCUT2D eigenvalue weighted by molar-refractivity contribution is -0.149. The van der Waals surface area contributed by atoms with Gasteiger partial charge in [0.2, 0.25) is 0 Å². The second kappa shape index (κ2) is 10.5. The van der Waals surface area contributed by atoms with E-state index in [2.05, 4.69) is 15.2 Å². The SMILES string of the molecule is CCOC(=O)C1CCN(C(=NC)NCc2ccc(OC)c(C(=O)OC)c2)CC1. The van der Waals surface area contributed by atoms with Gasteiger partial charge in [-0.2, -0.15) is 0 Å². The zero-order valence-corrected chi connectivity index (χ0v) is 17.0. The van der Waals surface area contributed by atoms with E-state index in [-0.39, 0.29) is 11.9 Å². The highest BCUT2D eigenvalue weighted by Gasteiger charge is 2.27. The first-order chi connectivity index (χ1) is 13.5. The first-order valence-electron chi connectivity index (χ1n) is 9.41. The predicted octanol–water partition coefficient (Wildman–Crippen LogP) is 1.83. The number of carbonyl (C=O) groups excluding carboxylic acids is 2. The Morgan fingerprint density at radius 1 is 1.25 bits per heavy atom. The second-order valence-electron chi connectivity index (χ2n) is 6.44. The predicted molar refractivity (Wildman–Crippen MR) is 105 cm³/mol. The molecule has 0 amide bonds. The van der Waals surface area contributed by atoms with Crippen molar-refractivity contribution in [2.45, 2.75) is 26.3 Å². The van der Waals surface area contributed by atoms with Gasteiger partial charge in [0.15, 0.2) is 5.96 Å².